The lowest BCUT2D eigenvalue weighted by molar-refractivity contribution is 0.0923. The van der Waals surface area contributed by atoms with Gasteiger partial charge in [-0.25, -0.2) is 4.98 Å². The van der Waals surface area contributed by atoms with E-state index in [0.29, 0.717) is 5.56 Å². The Kier molecular flexibility index (Phi) is 6.36. The van der Waals surface area contributed by atoms with Crippen molar-refractivity contribution in [3.8, 4) is 10.7 Å². The second-order valence-electron chi connectivity index (χ2n) is 8.16. The summed E-state index contributed by atoms with van der Waals surface area (Å²) in [5, 5.41) is 7.98. The van der Waals surface area contributed by atoms with Crippen LogP contribution in [0.1, 0.15) is 51.8 Å². The molecule has 1 aliphatic rings. The van der Waals surface area contributed by atoms with Gasteiger partial charge in [-0.15, -0.1) is 22.7 Å². The Balaban J connectivity index is 1.47. The van der Waals surface area contributed by atoms with Crippen molar-refractivity contribution < 1.29 is 9.59 Å². The van der Waals surface area contributed by atoms with E-state index in [-0.39, 0.29) is 23.9 Å². The summed E-state index contributed by atoms with van der Waals surface area (Å²) in [4.78, 5) is 31.7. The summed E-state index contributed by atoms with van der Waals surface area (Å²) >= 11 is 6.54. The average Bonchev–Trinajstić information content (AvgIpc) is 3.57. The van der Waals surface area contributed by atoms with E-state index in [9.17, 15) is 9.59 Å². The van der Waals surface area contributed by atoms with E-state index in [2.05, 4.69) is 42.6 Å². The minimum absolute atomic E-state index is 0.0134. The van der Waals surface area contributed by atoms with Crippen LogP contribution >= 0.6 is 38.6 Å². The lowest BCUT2D eigenvalue weighted by atomic mass is 9.90. The average molecular weight is 544 g/mol. The highest BCUT2D eigenvalue weighted by atomic mass is 79.9. The zero-order chi connectivity index (χ0) is 22.9. The van der Waals surface area contributed by atoms with Crippen molar-refractivity contribution >= 4 is 61.5 Å². The molecule has 170 valence electrons. The van der Waals surface area contributed by atoms with Crippen LogP contribution in [0.4, 0.5) is 0 Å². The van der Waals surface area contributed by atoms with Gasteiger partial charge >= 0.3 is 0 Å². The van der Waals surface area contributed by atoms with Gasteiger partial charge in [0.05, 0.1) is 24.6 Å². The predicted molar refractivity (Wildman–Crippen MR) is 137 cm³/mol. The molecule has 1 fully saturated rings. The van der Waals surface area contributed by atoms with Gasteiger partial charge < -0.3 is 15.2 Å². The molecular formula is C24H23BrN4O2S2. The molecule has 2 amide bonds. The van der Waals surface area contributed by atoms with Crippen LogP contribution in [0.2, 0.25) is 0 Å². The Bertz CT molecular complexity index is 1310. The first-order chi connectivity index (χ1) is 16.0. The van der Waals surface area contributed by atoms with Gasteiger partial charge in [0, 0.05) is 24.7 Å². The minimum atomic E-state index is -0.121. The van der Waals surface area contributed by atoms with Crippen molar-refractivity contribution in [1.82, 2.24) is 20.2 Å². The molecule has 0 bridgehead atoms. The number of hydrogen-bond donors (Lipinski definition) is 2. The van der Waals surface area contributed by atoms with Gasteiger partial charge in [-0.05, 0) is 83.4 Å². The summed E-state index contributed by atoms with van der Waals surface area (Å²) in [7, 11) is 1.63. The number of nitrogens with one attached hydrogen (secondary N) is 2. The first-order valence-electron chi connectivity index (χ1n) is 10.9. The molecule has 5 rings (SSSR count). The van der Waals surface area contributed by atoms with Gasteiger partial charge in [-0.1, -0.05) is 6.07 Å². The molecule has 1 aromatic carbocycles. The maximum atomic E-state index is 12.7. The third-order valence-corrected chi connectivity index (χ3v) is 8.55. The number of aromatic nitrogens is 2. The number of halogens is 1. The third-order valence-electron chi connectivity index (χ3n) is 6.06. The Labute approximate surface area is 208 Å². The van der Waals surface area contributed by atoms with Crippen molar-refractivity contribution in [2.45, 2.75) is 37.8 Å². The molecule has 0 saturated heterocycles. The molecule has 0 aliphatic heterocycles. The monoisotopic (exact) mass is 542 g/mol. The molecule has 0 spiro atoms. The fourth-order valence-electron chi connectivity index (χ4n) is 4.56. The van der Waals surface area contributed by atoms with Gasteiger partial charge in [0.25, 0.3) is 11.8 Å². The van der Waals surface area contributed by atoms with E-state index in [1.165, 1.54) is 11.3 Å². The van der Waals surface area contributed by atoms with Gasteiger partial charge in [0.15, 0.2) is 5.82 Å². The number of carbonyl (C=O) groups excluding carboxylic acids is 2. The van der Waals surface area contributed by atoms with Crippen LogP contribution in [-0.4, -0.2) is 34.5 Å². The molecular weight excluding hydrogens is 520 g/mol. The summed E-state index contributed by atoms with van der Waals surface area (Å²) < 4.78 is 3.27. The second-order valence-corrected chi connectivity index (χ2v) is 11.6. The fraction of sp³-hybridized carbons (Fsp3) is 0.292. The third kappa shape index (κ3) is 4.49. The quantitative estimate of drug-likeness (QED) is 0.331. The van der Waals surface area contributed by atoms with E-state index in [1.54, 1.807) is 18.4 Å². The molecule has 1 aliphatic carbocycles. The van der Waals surface area contributed by atoms with E-state index < -0.39 is 0 Å². The van der Waals surface area contributed by atoms with Crippen molar-refractivity contribution in [2.24, 2.45) is 0 Å². The lowest BCUT2D eigenvalue weighted by Crippen LogP contribution is -2.38. The summed E-state index contributed by atoms with van der Waals surface area (Å²) in [6.07, 6.45) is 3.87. The summed E-state index contributed by atoms with van der Waals surface area (Å²) in [6.45, 7) is 0. The van der Waals surface area contributed by atoms with Crippen molar-refractivity contribution in [3.05, 3.63) is 62.1 Å². The van der Waals surface area contributed by atoms with Crippen molar-refractivity contribution in [1.29, 1.82) is 0 Å². The van der Waals surface area contributed by atoms with Gasteiger partial charge in [0.2, 0.25) is 0 Å². The highest BCUT2D eigenvalue weighted by Gasteiger charge is 2.29. The number of hydrogen-bond acceptors (Lipinski definition) is 5. The Morgan fingerprint density at radius 3 is 2.76 bits per heavy atom. The Morgan fingerprint density at radius 1 is 1.15 bits per heavy atom. The lowest BCUT2D eigenvalue weighted by Gasteiger charge is -2.31. The molecule has 3 aromatic heterocycles. The van der Waals surface area contributed by atoms with Crippen LogP contribution in [-0.2, 0) is 0 Å². The molecule has 2 unspecified atom stereocenters. The molecule has 33 heavy (non-hydrogen) atoms. The van der Waals surface area contributed by atoms with E-state index in [1.807, 2.05) is 36.4 Å². The molecule has 0 radical (unpaired) electrons. The summed E-state index contributed by atoms with van der Waals surface area (Å²) in [6, 6.07) is 13.9. The van der Waals surface area contributed by atoms with Crippen LogP contribution in [0.3, 0.4) is 0 Å². The van der Waals surface area contributed by atoms with Gasteiger partial charge in [-0.3, -0.25) is 9.59 Å². The Hall–Kier alpha value is -2.49. The maximum absolute atomic E-state index is 12.7. The predicted octanol–water partition coefficient (Wildman–Crippen LogP) is 5.86. The van der Waals surface area contributed by atoms with E-state index in [0.717, 1.165) is 56.1 Å². The van der Waals surface area contributed by atoms with E-state index >= 15 is 0 Å². The molecule has 1 saturated carbocycles. The molecule has 6 nitrogen and oxygen atoms in total. The molecule has 2 atom stereocenters. The van der Waals surface area contributed by atoms with Crippen molar-refractivity contribution in [2.75, 3.05) is 7.05 Å². The molecule has 4 aromatic rings. The van der Waals surface area contributed by atoms with Crippen LogP contribution < -0.4 is 10.6 Å². The number of amides is 2. The number of fused-ring (bicyclic) bond motifs is 1. The number of nitrogens with zero attached hydrogens (tertiary/aromatic N) is 2. The van der Waals surface area contributed by atoms with Gasteiger partial charge in [0.1, 0.15) is 0 Å². The standard InChI is InChI=1S/C24H23BrN4O2S2/c1-26-23(30)14-7-8-18-17(12-14)28-22(19-6-3-11-32-19)29(18)16-5-2-4-15(13-16)27-24(31)20-9-10-21(25)33-20/h3,6-12,15-16H,2,4-5,13H2,1H3,(H,26,30)(H,27,31). The van der Waals surface area contributed by atoms with Crippen LogP contribution in [0.5, 0.6) is 0 Å². The van der Waals surface area contributed by atoms with Crippen LogP contribution in [0.15, 0.2) is 51.6 Å². The normalized spacial score (nSPS) is 18.4. The van der Waals surface area contributed by atoms with Crippen LogP contribution in [0.25, 0.3) is 21.7 Å². The maximum Gasteiger partial charge on any atom is 0.261 e. The SMILES string of the molecule is CNC(=O)c1ccc2c(c1)nc(-c1cccs1)n2C1CCCC(NC(=O)c2ccc(Br)s2)C1. The molecule has 3 heterocycles. The zero-order valence-corrected chi connectivity index (χ0v) is 21.2. The van der Waals surface area contributed by atoms with Crippen LogP contribution in [0, 0.1) is 0 Å². The fourth-order valence-corrected chi connectivity index (χ4v) is 6.56. The minimum Gasteiger partial charge on any atom is -0.355 e. The van der Waals surface area contributed by atoms with E-state index in [4.69, 9.17) is 4.98 Å². The number of rotatable bonds is 5. The second kappa shape index (κ2) is 9.40. The van der Waals surface area contributed by atoms with Gasteiger partial charge in [-0.2, -0.15) is 0 Å². The highest BCUT2D eigenvalue weighted by Crippen LogP contribution is 2.37. The first-order valence-corrected chi connectivity index (χ1v) is 13.4. The van der Waals surface area contributed by atoms with Crippen molar-refractivity contribution in [3.63, 3.8) is 0 Å². The number of imidazole rings is 1. The number of benzene rings is 1. The summed E-state index contributed by atoms with van der Waals surface area (Å²) in [5.41, 5.74) is 2.43. The largest absolute Gasteiger partial charge is 0.355 e. The Morgan fingerprint density at radius 2 is 2.03 bits per heavy atom. The number of thiophene rings is 2. The molecule has 9 heteroatoms. The highest BCUT2D eigenvalue weighted by molar-refractivity contribution is 9.11. The zero-order valence-electron chi connectivity index (χ0n) is 18.0. The number of carbonyl (C=O) groups is 2. The molecule has 2 N–H and O–H groups in total. The smallest absolute Gasteiger partial charge is 0.261 e. The topological polar surface area (TPSA) is 76.0 Å². The first kappa shape index (κ1) is 22.3. The summed E-state index contributed by atoms with van der Waals surface area (Å²) in [5.74, 6) is 0.790.